The van der Waals surface area contributed by atoms with Gasteiger partial charge in [0, 0.05) is 5.56 Å². The van der Waals surface area contributed by atoms with Crippen molar-refractivity contribution in [2.45, 2.75) is 38.2 Å². The first-order valence-corrected chi connectivity index (χ1v) is 6.49. The lowest BCUT2D eigenvalue weighted by atomic mass is 9.76. The van der Waals surface area contributed by atoms with Crippen LogP contribution in [0.4, 0.5) is 4.39 Å². The van der Waals surface area contributed by atoms with E-state index >= 15 is 0 Å². The highest BCUT2D eigenvalue weighted by Crippen LogP contribution is 2.41. The summed E-state index contributed by atoms with van der Waals surface area (Å²) in [6.45, 7) is 2.18. The van der Waals surface area contributed by atoms with Crippen molar-refractivity contribution in [1.82, 2.24) is 0 Å². The minimum Gasteiger partial charge on any atom is -0.385 e. The van der Waals surface area contributed by atoms with Crippen LogP contribution in [0.15, 0.2) is 22.7 Å². The summed E-state index contributed by atoms with van der Waals surface area (Å²) in [6, 6.07) is 5.13. The molecule has 88 valence electrons. The summed E-state index contributed by atoms with van der Waals surface area (Å²) in [5.74, 6) is 0.315. The van der Waals surface area contributed by atoms with Gasteiger partial charge >= 0.3 is 0 Å². The summed E-state index contributed by atoms with van der Waals surface area (Å²) in [5, 5.41) is 10.5. The fourth-order valence-electron chi connectivity index (χ4n) is 2.37. The molecule has 16 heavy (non-hydrogen) atoms. The molecule has 1 aromatic carbocycles. The number of hydrogen-bond donors (Lipinski definition) is 1. The lowest BCUT2D eigenvalue weighted by Crippen LogP contribution is -2.31. The van der Waals surface area contributed by atoms with Crippen molar-refractivity contribution in [3.05, 3.63) is 34.1 Å². The Hall–Kier alpha value is -0.410. The number of benzene rings is 1. The van der Waals surface area contributed by atoms with Gasteiger partial charge < -0.3 is 5.11 Å². The third-order valence-corrected chi connectivity index (χ3v) is 4.17. The Labute approximate surface area is 104 Å². The zero-order chi connectivity index (χ0) is 11.8. The number of hydrogen-bond acceptors (Lipinski definition) is 1. The first kappa shape index (κ1) is 12.1. The van der Waals surface area contributed by atoms with Crippen molar-refractivity contribution in [3.8, 4) is 0 Å². The Kier molecular flexibility index (Phi) is 3.36. The molecule has 3 heteroatoms. The van der Waals surface area contributed by atoms with E-state index in [1.807, 2.05) is 0 Å². The van der Waals surface area contributed by atoms with Gasteiger partial charge in [-0.1, -0.05) is 19.1 Å². The van der Waals surface area contributed by atoms with Crippen molar-refractivity contribution in [2.24, 2.45) is 5.92 Å². The monoisotopic (exact) mass is 286 g/mol. The zero-order valence-corrected chi connectivity index (χ0v) is 10.9. The molecule has 1 aliphatic rings. The standard InChI is InChI=1S/C13H16BrFO/c1-9-5-7-13(16,8-6-9)10-3-2-4-11(14)12(10)15/h2-4,9,16H,5-8H2,1H3. The fraction of sp³-hybridized carbons (Fsp3) is 0.538. The van der Waals surface area contributed by atoms with Crippen LogP contribution in [0.1, 0.15) is 38.2 Å². The van der Waals surface area contributed by atoms with E-state index in [-0.39, 0.29) is 5.82 Å². The Balaban J connectivity index is 2.32. The minimum atomic E-state index is -0.972. The van der Waals surface area contributed by atoms with Gasteiger partial charge in [-0.05, 0) is 53.6 Å². The van der Waals surface area contributed by atoms with Crippen LogP contribution in [0, 0.1) is 11.7 Å². The van der Waals surface area contributed by atoms with Crippen LogP contribution in [0.5, 0.6) is 0 Å². The molecule has 0 atom stereocenters. The van der Waals surface area contributed by atoms with Gasteiger partial charge in [-0.2, -0.15) is 0 Å². The normalized spacial score (nSPS) is 30.4. The van der Waals surface area contributed by atoms with Crippen LogP contribution in [-0.4, -0.2) is 5.11 Å². The third-order valence-electron chi connectivity index (χ3n) is 3.55. The Bertz CT molecular complexity index is 384. The molecular weight excluding hydrogens is 271 g/mol. The molecule has 1 fully saturated rings. The molecule has 0 spiro atoms. The summed E-state index contributed by atoms with van der Waals surface area (Å²) >= 11 is 3.16. The lowest BCUT2D eigenvalue weighted by Gasteiger charge is -2.35. The van der Waals surface area contributed by atoms with Gasteiger partial charge in [0.25, 0.3) is 0 Å². The van der Waals surface area contributed by atoms with Crippen molar-refractivity contribution < 1.29 is 9.50 Å². The van der Waals surface area contributed by atoms with E-state index in [4.69, 9.17) is 0 Å². The molecule has 0 heterocycles. The quantitative estimate of drug-likeness (QED) is 0.828. The second-order valence-corrected chi connectivity index (χ2v) is 5.67. The van der Waals surface area contributed by atoms with Gasteiger partial charge in [0.2, 0.25) is 0 Å². The first-order valence-electron chi connectivity index (χ1n) is 5.70. The number of rotatable bonds is 1. The molecule has 0 amide bonds. The summed E-state index contributed by atoms with van der Waals surface area (Å²) in [7, 11) is 0. The van der Waals surface area contributed by atoms with Gasteiger partial charge in [0.05, 0.1) is 10.1 Å². The maximum Gasteiger partial charge on any atom is 0.143 e. The molecule has 1 N–H and O–H groups in total. The summed E-state index contributed by atoms with van der Waals surface area (Å²) in [6.07, 6.45) is 3.23. The van der Waals surface area contributed by atoms with Crippen LogP contribution < -0.4 is 0 Å². The maximum absolute atomic E-state index is 13.9. The lowest BCUT2D eigenvalue weighted by molar-refractivity contribution is -0.0150. The van der Waals surface area contributed by atoms with Crippen LogP contribution in [-0.2, 0) is 5.60 Å². The molecular formula is C13H16BrFO. The average molecular weight is 287 g/mol. The van der Waals surface area contributed by atoms with E-state index in [0.717, 1.165) is 12.8 Å². The van der Waals surface area contributed by atoms with Crippen molar-refractivity contribution in [3.63, 3.8) is 0 Å². The maximum atomic E-state index is 13.9. The highest BCUT2D eigenvalue weighted by Gasteiger charge is 2.35. The fourth-order valence-corrected chi connectivity index (χ4v) is 2.74. The molecule has 1 saturated carbocycles. The van der Waals surface area contributed by atoms with Gasteiger partial charge in [0.15, 0.2) is 0 Å². The number of halogens is 2. The zero-order valence-electron chi connectivity index (χ0n) is 9.34. The molecule has 1 nitrogen and oxygen atoms in total. The van der Waals surface area contributed by atoms with Crippen molar-refractivity contribution in [1.29, 1.82) is 0 Å². The number of aliphatic hydroxyl groups is 1. The van der Waals surface area contributed by atoms with Gasteiger partial charge in [-0.25, -0.2) is 4.39 Å². The second-order valence-electron chi connectivity index (χ2n) is 4.82. The first-order chi connectivity index (χ1) is 7.53. The smallest absolute Gasteiger partial charge is 0.143 e. The molecule has 0 radical (unpaired) electrons. The topological polar surface area (TPSA) is 20.2 Å². The molecule has 0 aliphatic heterocycles. The average Bonchev–Trinajstić information content (AvgIpc) is 2.27. The third kappa shape index (κ3) is 2.16. The SMILES string of the molecule is CC1CCC(O)(c2cccc(Br)c2F)CC1. The van der Waals surface area contributed by atoms with E-state index < -0.39 is 5.60 Å². The molecule has 0 unspecified atom stereocenters. The van der Waals surface area contributed by atoms with Crippen molar-refractivity contribution >= 4 is 15.9 Å². The van der Waals surface area contributed by atoms with Crippen LogP contribution in [0.25, 0.3) is 0 Å². The predicted molar refractivity (Wildman–Crippen MR) is 65.6 cm³/mol. The predicted octanol–water partition coefficient (Wildman–Crippen LogP) is 3.99. The Morgan fingerprint density at radius 3 is 2.62 bits per heavy atom. The molecule has 1 aromatic rings. The minimum absolute atomic E-state index is 0.320. The highest BCUT2D eigenvalue weighted by molar-refractivity contribution is 9.10. The van der Waals surface area contributed by atoms with Crippen LogP contribution in [0.2, 0.25) is 0 Å². The van der Waals surface area contributed by atoms with Gasteiger partial charge in [-0.3, -0.25) is 0 Å². The van der Waals surface area contributed by atoms with E-state index in [1.165, 1.54) is 0 Å². The molecule has 0 bridgehead atoms. The van der Waals surface area contributed by atoms with Crippen LogP contribution in [0.3, 0.4) is 0 Å². The second kappa shape index (κ2) is 4.46. The van der Waals surface area contributed by atoms with E-state index in [9.17, 15) is 9.50 Å². The molecule has 0 aromatic heterocycles. The summed E-state index contributed by atoms with van der Waals surface area (Å²) in [4.78, 5) is 0. The van der Waals surface area contributed by atoms with Crippen molar-refractivity contribution in [2.75, 3.05) is 0 Å². The van der Waals surface area contributed by atoms with Gasteiger partial charge in [-0.15, -0.1) is 0 Å². The van der Waals surface area contributed by atoms with E-state index in [0.29, 0.717) is 28.8 Å². The van der Waals surface area contributed by atoms with Crippen LogP contribution >= 0.6 is 15.9 Å². The highest BCUT2D eigenvalue weighted by atomic mass is 79.9. The summed E-state index contributed by atoms with van der Waals surface area (Å²) in [5.41, 5.74) is -0.533. The largest absolute Gasteiger partial charge is 0.385 e. The van der Waals surface area contributed by atoms with Gasteiger partial charge in [0.1, 0.15) is 5.82 Å². The Morgan fingerprint density at radius 1 is 1.38 bits per heavy atom. The summed E-state index contributed by atoms with van der Waals surface area (Å²) < 4.78 is 14.3. The van der Waals surface area contributed by atoms with E-state index in [1.54, 1.807) is 18.2 Å². The molecule has 2 rings (SSSR count). The molecule has 0 saturated heterocycles. The van der Waals surface area contributed by atoms with E-state index in [2.05, 4.69) is 22.9 Å². The molecule has 1 aliphatic carbocycles. The Morgan fingerprint density at radius 2 is 2.00 bits per heavy atom.